The number of non-ortho nitro benzene ring substituents is 1. The van der Waals surface area contributed by atoms with Crippen LogP contribution in [-0.4, -0.2) is 19.9 Å². The Morgan fingerprint density at radius 2 is 2.09 bits per heavy atom. The van der Waals surface area contributed by atoms with Gasteiger partial charge in [-0.25, -0.2) is 9.97 Å². The number of nitro benzene ring substituents is 1. The number of hydrogen-bond acceptors (Lipinski definition) is 5. The molecule has 2 aromatic heterocycles. The number of nitrogens with zero attached hydrogens (tertiary/aromatic N) is 4. The molecule has 0 aliphatic rings. The summed E-state index contributed by atoms with van der Waals surface area (Å²) in [5.74, 6) is 0.412. The molecule has 0 fully saturated rings. The zero-order chi connectivity index (χ0) is 15.5. The molecule has 106 valence electrons. The Kier molecular flexibility index (Phi) is 3.34. The van der Waals surface area contributed by atoms with Crippen LogP contribution in [0.25, 0.3) is 22.8 Å². The van der Waals surface area contributed by atoms with Gasteiger partial charge in [0.2, 0.25) is 0 Å². The van der Waals surface area contributed by atoms with Gasteiger partial charge in [-0.1, -0.05) is 0 Å². The van der Waals surface area contributed by atoms with Gasteiger partial charge in [0.05, 0.1) is 16.0 Å². The fourth-order valence-corrected chi connectivity index (χ4v) is 1.99. The Bertz CT molecular complexity index is 886. The first-order valence-corrected chi connectivity index (χ1v) is 6.35. The smallest absolute Gasteiger partial charge is 0.269 e. The molecule has 0 unspecified atom stereocenters. The average Bonchev–Trinajstić information content (AvgIpc) is 2.96. The molecule has 3 rings (SSSR count). The number of fused-ring (bicyclic) bond motifs is 1. The van der Waals surface area contributed by atoms with Crippen molar-refractivity contribution in [3.05, 3.63) is 64.1 Å². The lowest BCUT2D eigenvalue weighted by Gasteiger charge is -1.96. The Labute approximate surface area is 124 Å². The van der Waals surface area contributed by atoms with Crippen LogP contribution in [-0.2, 0) is 0 Å². The van der Waals surface area contributed by atoms with Crippen molar-refractivity contribution in [1.29, 1.82) is 5.26 Å². The lowest BCUT2D eigenvalue weighted by Crippen LogP contribution is -1.88. The van der Waals surface area contributed by atoms with Crippen LogP contribution in [0.2, 0.25) is 0 Å². The Hall–Kier alpha value is -3.53. The molecular formula is C15H9N5O2. The number of H-pyrrole nitrogens is 1. The predicted molar refractivity (Wildman–Crippen MR) is 80.5 cm³/mol. The van der Waals surface area contributed by atoms with Crippen LogP contribution in [0.4, 0.5) is 5.69 Å². The topological polar surface area (TPSA) is 108 Å². The molecule has 0 radical (unpaired) electrons. The second kappa shape index (κ2) is 5.46. The van der Waals surface area contributed by atoms with Crippen LogP contribution in [0.3, 0.4) is 0 Å². The van der Waals surface area contributed by atoms with Crippen LogP contribution < -0.4 is 0 Å². The lowest BCUT2D eigenvalue weighted by atomic mass is 10.1. The Balaban J connectivity index is 1.99. The monoisotopic (exact) mass is 291 g/mol. The molecule has 0 saturated carbocycles. The quantitative estimate of drug-likeness (QED) is 0.453. The van der Waals surface area contributed by atoms with Crippen molar-refractivity contribution in [2.45, 2.75) is 0 Å². The summed E-state index contributed by atoms with van der Waals surface area (Å²) < 4.78 is 0. The molecule has 3 aromatic rings. The molecule has 2 heterocycles. The number of allylic oxidation sites excluding steroid dienone is 1. The maximum atomic E-state index is 10.6. The summed E-state index contributed by atoms with van der Waals surface area (Å²) in [5, 5.41) is 19.9. The van der Waals surface area contributed by atoms with E-state index in [-0.39, 0.29) is 5.69 Å². The van der Waals surface area contributed by atoms with Gasteiger partial charge in [0.15, 0.2) is 11.5 Å². The number of aromatic amines is 1. The van der Waals surface area contributed by atoms with E-state index in [1.54, 1.807) is 30.5 Å². The molecule has 22 heavy (non-hydrogen) atoms. The van der Waals surface area contributed by atoms with E-state index in [0.29, 0.717) is 22.6 Å². The second-order valence-corrected chi connectivity index (χ2v) is 4.48. The number of benzene rings is 1. The van der Waals surface area contributed by atoms with E-state index in [4.69, 9.17) is 0 Å². The number of rotatable bonds is 3. The molecule has 7 nitrogen and oxygen atoms in total. The number of aromatic nitrogens is 3. The Morgan fingerprint density at radius 1 is 1.32 bits per heavy atom. The van der Waals surface area contributed by atoms with Gasteiger partial charge in [-0.3, -0.25) is 10.1 Å². The van der Waals surface area contributed by atoms with Crippen molar-refractivity contribution in [2.24, 2.45) is 0 Å². The first-order chi connectivity index (χ1) is 10.7. The fraction of sp³-hybridized carbons (Fsp3) is 0. The van der Waals surface area contributed by atoms with Crippen molar-refractivity contribution in [3.8, 4) is 6.07 Å². The molecule has 0 amide bonds. The van der Waals surface area contributed by atoms with Gasteiger partial charge < -0.3 is 4.98 Å². The summed E-state index contributed by atoms with van der Waals surface area (Å²) in [6.45, 7) is 0. The van der Waals surface area contributed by atoms with Crippen molar-refractivity contribution >= 4 is 28.5 Å². The van der Waals surface area contributed by atoms with Crippen LogP contribution in [0.1, 0.15) is 11.4 Å². The van der Waals surface area contributed by atoms with E-state index in [9.17, 15) is 15.4 Å². The summed E-state index contributed by atoms with van der Waals surface area (Å²) >= 11 is 0. The predicted octanol–water partition coefficient (Wildman–Crippen LogP) is 2.93. The summed E-state index contributed by atoms with van der Waals surface area (Å²) in [6.07, 6.45) is 3.24. The first kappa shape index (κ1) is 13.5. The van der Waals surface area contributed by atoms with E-state index in [2.05, 4.69) is 21.0 Å². The van der Waals surface area contributed by atoms with E-state index in [1.807, 2.05) is 6.07 Å². The van der Waals surface area contributed by atoms with Gasteiger partial charge in [-0.15, -0.1) is 0 Å². The summed E-state index contributed by atoms with van der Waals surface area (Å²) in [6, 6.07) is 11.6. The highest BCUT2D eigenvalue weighted by Gasteiger charge is 2.09. The third-order valence-corrected chi connectivity index (χ3v) is 3.05. The zero-order valence-electron chi connectivity index (χ0n) is 11.2. The van der Waals surface area contributed by atoms with Gasteiger partial charge in [0.25, 0.3) is 5.69 Å². The minimum absolute atomic E-state index is 0.00333. The van der Waals surface area contributed by atoms with E-state index in [0.717, 1.165) is 5.52 Å². The number of imidazole rings is 1. The van der Waals surface area contributed by atoms with Gasteiger partial charge in [0, 0.05) is 18.3 Å². The molecule has 0 aliphatic carbocycles. The van der Waals surface area contributed by atoms with Gasteiger partial charge in [-0.05, 0) is 35.9 Å². The third kappa shape index (κ3) is 2.53. The molecule has 7 heteroatoms. The summed E-state index contributed by atoms with van der Waals surface area (Å²) in [4.78, 5) is 21.5. The van der Waals surface area contributed by atoms with Crippen LogP contribution in [0.15, 0.2) is 42.6 Å². The minimum Gasteiger partial charge on any atom is -0.336 e. The highest BCUT2D eigenvalue weighted by molar-refractivity contribution is 5.89. The van der Waals surface area contributed by atoms with Crippen LogP contribution in [0.5, 0.6) is 0 Å². The molecule has 0 aliphatic heterocycles. The normalized spacial score (nSPS) is 11.3. The third-order valence-electron chi connectivity index (χ3n) is 3.05. The maximum absolute atomic E-state index is 10.6. The van der Waals surface area contributed by atoms with E-state index < -0.39 is 4.92 Å². The number of nitro groups is 1. The molecule has 0 atom stereocenters. The molecule has 0 spiro atoms. The first-order valence-electron chi connectivity index (χ1n) is 6.35. The number of hydrogen-bond donors (Lipinski definition) is 1. The standard InChI is InChI=1S/C15H9N5O2/c16-9-11(8-10-3-5-12(6-4-10)20(21)22)14-18-13-2-1-7-17-15(13)19-14/h1-8H,(H,17,18,19)/b11-8-. The molecule has 0 bridgehead atoms. The summed E-state index contributed by atoms with van der Waals surface area (Å²) in [7, 11) is 0. The number of nitriles is 1. The maximum Gasteiger partial charge on any atom is 0.269 e. The van der Waals surface area contributed by atoms with Gasteiger partial charge >= 0.3 is 0 Å². The highest BCUT2D eigenvalue weighted by Crippen LogP contribution is 2.19. The van der Waals surface area contributed by atoms with Crippen molar-refractivity contribution in [2.75, 3.05) is 0 Å². The van der Waals surface area contributed by atoms with Crippen molar-refractivity contribution in [1.82, 2.24) is 15.0 Å². The van der Waals surface area contributed by atoms with Gasteiger partial charge in [-0.2, -0.15) is 5.26 Å². The zero-order valence-corrected chi connectivity index (χ0v) is 11.2. The molecule has 0 saturated heterocycles. The SMILES string of the molecule is N#C/C(=C/c1ccc([N+](=O)[O-])cc1)c1nc2ncccc2[nH]1. The van der Waals surface area contributed by atoms with E-state index >= 15 is 0 Å². The summed E-state index contributed by atoms with van der Waals surface area (Å²) in [5.41, 5.74) is 2.27. The lowest BCUT2D eigenvalue weighted by molar-refractivity contribution is -0.384. The molecule has 1 N–H and O–H groups in total. The van der Waals surface area contributed by atoms with Crippen molar-refractivity contribution in [3.63, 3.8) is 0 Å². The van der Waals surface area contributed by atoms with Gasteiger partial charge in [0.1, 0.15) is 6.07 Å². The molecular weight excluding hydrogens is 282 g/mol. The van der Waals surface area contributed by atoms with E-state index in [1.165, 1.54) is 12.1 Å². The van der Waals surface area contributed by atoms with Crippen LogP contribution in [0, 0.1) is 21.4 Å². The fourth-order valence-electron chi connectivity index (χ4n) is 1.99. The average molecular weight is 291 g/mol. The highest BCUT2D eigenvalue weighted by atomic mass is 16.6. The minimum atomic E-state index is -0.469. The molecule has 1 aromatic carbocycles. The Morgan fingerprint density at radius 3 is 2.73 bits per heavy atom. The second-order valence-electron chi connectivity index (χ2n) is 4.48. The van der Waals surface area contributed by atoms with Crippen LogP contribution >= 0.6 is 0 Å². The largest absolute Gasteiger partial charge is 0.336 e. The number of pyridine rings is 1. The van der Waals surface area contributed by atoms with Crippen molar-refractivity contribution < 1.29 is 4.92 Å². The number of nitrogens with one attached hydrogen (secondary N) is 1.